The van der Waals surface area contributed by atoms with Gasteiger partial charge in [-0.15, -0.1) is 0 Å². The van der Waals surface area contributed by atoms with Crippen LogP contribution in [-0.2, 0) is 0 Å². The average Bonchev–Trinajstić information content (AvgIpc) is 3.31. The van der Waals surface area contributed by atoms with Crippen molar-refractivity contribution in [3.63, 3.8) is 0 Å². The van der Waals surface area contributed by atoms with Crippen LogP contribution in [0.15, 0.2) is 69.4 Å². The molecule has 3 aromatic rings. The van der Waals surface area contributed by atoms with Crippen LogP contribution >= 0.6 is 15.9 Å². The number of fused-ring (bicyclic) bond motifs is 1. The van der Waals surface area contributed by atoms with E-state index in [1.807, 2.05) is 0 Å². The standard InChI is InChI=1S/C22H15BrO5/c1-13-19(27-12-18(24)14-4-6-15(23)7-5-14)9-8-17-21(25)20(28-22(13)17)11-16-3-2-10-26-16/h2-11H,12H2,1H3/b20-11-. The molecule has 1 aliphatic heterocycles. The van der Waals surface area contributed by atoms with Gasteiger partial charge in [0.25, 0.3) is 0 Å². The minimum atomic E-state index is -0.216. The van der Waals surface area contributed by atoms with E-state index in [4.69, 9.17) is 13.9 Å². The minimum Gasteiger partial charge on any atom is -0.485 e. The van der Waals surface area contributed by atoms with Crippen LogP contribution in [0.4, 0.5) is 0 Å². The first-order chi connectivity index (χ1) is 13.5. The molecule has 0 amide bonds. The topological polar surface area (TPSA) is 65.7 Å². The van der Waals surface area contributed by atoms with E-state index in [-0.39, 0.29) is 23.9 Å². The van der Waals surface area contributed by atoms with Crippen molar-refractivity contribution in [2.24, 2.45) is 0 Å². The maximum atomic E-state index is 12.5. The Morgan fingerprint density at radius 3 is 2.64 bits per heavy atom. The predicted octanol–water partition coefficient (Wildman–Crippen LogP) is 5.23. The van der Waals surface area contributed by atoms with Crippen LogP contribution in [-0.4, -0.2) is 18.2 Å². The average molecular weight is 439 g/mol. The fraction of sp³-hybridized carbons (Fsp3) is 0.0909. The fourth-order valence-electron chi connectivity index (χ4n) is 2.89. The normalized spacial score (nSPS) is 14.1. The maximum Gasteiger partial charge on any atom is 0.232 e. The van der Waals surface area contributed by atoms with Gasteiger partial charge in [0.15, 0.2) is 18.1 Å². The van der Waals surface area contributed by atoms with Gasteiger partial charge >= 0.3 is 0 Å². The lowest BCUT2D eigenvalue weighted by atomic mass is 10.1. The number of benzene rings is 2. The summed E-state index contributed by atoms with van der Waals surface area (Å²) in [6.07, 6.45) is 3.08. The summed E-state index contributed by atoms with van der Waals surface area (Å²) in [5.74, 6) is 1.31. The van der Waals surface area contributed by atoms with Crippen molar-refractivity contribution in [2.75, 3.05) is 6.61 Å². The largest absolute Gasteiger partial charge is 0.485 e. The number of ether oxygens (including phenoxy) is 2. The van der Waals surface area contributed by atoms with E-state index in [0.717, 1.165) is 4.47 Å². The molecule has 2 heterocycles. The van der Waals surface area contributed by atoms with Crippen molar-refractivity contribution in [1.82, 2.24) is 0 Å². The summed E-state index contributed by atoms with van der Waals surface area (Å²) in [4.78, 5) is 24.8. The van der Waals surface area contributed by atoms with E-state index in [0.29, 0.717) is 33.9 Å². The molecular weight excluding hydrogens is 424 g/mol. The SMILES string of the molecule is Cc1c(OCC(=O)c2ccc(Br)cc2)ccc2c1O/C(=C\c1ccco1)C2=O. The van der Waals surface area contributed by atoms with Crippen LogP contribution in [0.3, 0.4) is 0 Å². The molecule has 0 atom stereocenters. The summed E-state index contributed by atoms with van der Waals surface area (Å²) in [5.41, 5.74) is 1.69. The van der Waals surface area contributed by atoms with Crippen LogP contribution in [0.1, 0.15) is 32.0 Å². The van der Waals surface area contributed by atoms with Crippen LogP contribution in [0, 0.1) is 6.92 Å². The lowest BCUT2D eigenvalue weighted by Gasteiger charge is -2.11. The van der Waals surface area contributed by atoms with Gasteiger partial charge in [0.1, 0.15) is 17.3 Å². The lowest BCUT2D eigenvalue weighted by molar-refractivity contribution is 0.0920. The van der Waals surface area contributed by atoms with Gasteiger partial charge in [0.2, 0.25) is 5.78 Å². The Morgan fingerprint density at radius 2 is 1.93 bits per heavy atom. The first-order valence-electron chi connectivity index (χ1n) is 8.56. The van der Waals surface area contributed by atoms with E-state index >= 15 is 0 Å². The van der Waals surface area contributed by atoms with Crippen LogP contribution in [0.2, 0.25) is 0 Å². The van der Waals surface area contributed by atoms with E-state index in [9.17, 15) is 9.59 Å². The third-order valence-corrected chi connectivity index (χ3v) is 4.91. The molecule has 1 aromatic heterocycles. The molecule has 0 unspecified atom stereocenters. The Morgan fingerprint density at radius 1 is 1.14 bits per heavy atom. The smallest absolute Gasteiger partial charge is 0.232 e. The molecule has 0 N–H and O–H groups in total. The Hall–Kier alpha value is -3.12. The number of ketones is 2. The monoisotopic (exact) mass is 438 g/mol. The quantitative estimate of drug-likeness (QED) is 0.403. The number of rotatable bonds is 5. The summed E-state index contributed by atoms with van der Waals surface area (Å²) in [7, 11) is 0. The van der Waals surface area contributed by atoms with Gasteiger partial charge < -0.3 is 13.9 Å². The first kappa shape index (κ1) is 18.3. The first-order valence-corrected chi connectivity index (χ1v) is 9.35. The Kier molecular flexibility index (Phi) is 4.88. The van der Waals surface area contributed by atoms with Crippen LogP contribution < -0.4 is 9.47 Å². The van der Waals surface area contributed by atoms with Gasteiger partial charge in [0.05, 0.1) is 11.8 Å². The second-order valence-corrected chi connectivity index (χ2v) is 7.15. The molecule has 0 aliphatic carbocycles. The summed E-state index contributed by atoms with van der Waals surface area (Å²) in [6, 6.07) is 13.9. The Labute approximate surface area is 169 Å². The Bertz CT molecular complexity index is 1080. The highest BCUT2D eigenvalue weighted by molar-refractivity contribution is 9.10. The summed E-state index contributed by atoms with van der Waals surface area (Å²) in [6.45, 7) is 1.69. The lowest BCUT2D eigenvalue weighted by Crippen LogP contribution is -2.12. The number of hydrogen-bond donors (Lipinski definition) is 0. The molecular formula is C22H15BrO5. The fourth-order valence-corrected chi connectivity index (χ4v) is 3.15. The number of Topliss-reactive ketones (excluding diaryl/α,β-unsaturated/α-hetero) is 2. The van der Waals surface area contributed by atoms with E-state index < -0.39 is 0 Å². The zero-order valence-electron chi connectivity index (χ0n) is 14.9. The molecule has 0 spiro atoms. The maximum absolute atomic E-state index is 12.5. The van der Waals surface area contributed by atoms with Crippen molar-refractivity contribution < 1.29 is 23.5 Å². The molecule has 0 bridgehead atoms. The number of carbonyl (C=O) groups excluding carboxylic acids is 2. The third-order valence-electron chi connectivity index (χ3n) is 4.38. The molecule has 1 aliphatic rings. The molecule has 0 saturated heterocycles. The third kappa shape index (κ3) is 3.51. The van der Waals surface area contributed by atoms with Gasteiger partial charge in [-0.3, -0.25) is 9.59 Å². The van der Waals surface area contributed by atoms with Gasteiger partial charge in [-0.05, 0) is 43.3 Å². The highest BCUT2D eigenvalue weighted by Crippen LogP contribution is 2.39. The van der Waals surface area contributed by atoms with Crippen LogP contribution in [0.25, 0.3) is 6.08 Å². The van der Waals surface area contributed by atoms with Crippen molar-refractivity contribution in [1.29, 1.82) is 0 Å². The molecule has 2 aromatic carbocycles. The van der Waals surface area contributed by atoms with Gasteiger partial charge in [0, 0.05) is 21.7 Å². The van der Waals surface area contributed by atoms with Crippen molar-refractivity contribution in [3.05, 3.63) is 87.5 Å². The summed E-state index contributed by atoms with van der Waals surface area (Å²) >= 11 is 3.34. The number of allylic oxidation sites excluding steroid dienone is 1. The molecule has 140 valence electrons. The minimum absolute atomic E-state index is 0.107. The van der Waals surface area contributed by atoms with E-state index in [1.54, 1.807) is 61.5 Å². The number of halogens is 1. The zero-order chi connectivity index (χ0) is 19.7. The second-order valence-electron chi connectivity index (χ2n) is 6.24. The van der Waals surface area contributed by atoms with Gasteiger partial charge in [-0.2, -0.15) is 0 Å². The van der Waals surface area contributed by atoms with Crippen molar-refractivity contribution in [2.45, 2.75) is 6.92 Å². The highest BCUT2D eigenvalue weighted by Gasteiger charge is 2.30. The van der Waals surface area contributed by atoms with Crippen molar-refractivity contribution >= 4 is 33.6 Å². The molecule has 4 rings (SSSR count). The zero-order valence-corrected chi connectivity index (χ0v) is 16.5. The van der Waals surface area contributed by atoms with E-state index in [1.165, 1.54) is 6.26 Å². The second kappa shape index (κ2) is 7.48. The molecule has 6 heteroatoms. The molecule has 0 radical (unpaired) electrons. The molecule has 28 heavy (non-hydrogen) atoms. The number of furan rings is 1. The number of carbonyl (C=O) groups is 2. The van der Waals surface area contributed by atoms with Gasteiger partial charge in [-0.1, -0.05) is 28.1 Å². The summed E-state index contributed by atoms with van der Waals surface area (Å²) in [5, 5.41) is 0. The Balaban J connectivity index is 1.52. The molecule has 0 saturated carbocycles. The van der Waals surface area contributed by atoms with Crippen molar-refractivity contribution in [3.8, 4) is 11.5 Å². The van der Waals surface area contributed by atoms with E-state index in [2.05, 4.69) is 15.9 Å². The molecule has 5 nitrogen and oxygen atoms in total. The summed E-state index contributed by atoms with van der Waals surface area (Å²) < 4.78 is 17.6. The van der Waals surface area contributed by atoms with Gasteiger partial charge in [-0.25, -0.2) is 0 Å². The highest BCUT2D eigenvalue weighted by atomic mass is 79.9. The van der Waals surface area contributed by atoms with Crippen LogP contribution in [0.5, 0.6) is 11.5 Å². The predicted molar refractivity (Wildman–Crippen MR) is 107 cm³/mol. The molecule has 0 fully saturated rings. The number of hydrogen-bond acceptors (Lipinski definition) is 5.